The predicted octanol–water partition coefficient (Wildman–Crippen LogP) is 1.05. The molecule has 0 amide bonds. The van der Waals surface area contributed by atoms with Crippen LogP contribution in [0.25, 0.3) is 0 Å². The summed E-state index contributed by atoms with van der Waals surface area (Å²) in [6, 6.07) is -0.640. The Labute approximate surface area is 88.8 Å². The lowest BCUT2D eigenvalue weighted by Crippen LogP contribution is -2.19. The summed E-state index contributed by atoms with van der Waals surface area (Å²) in [5.41, 5.74) is 1.36. The number of rotatable bonds is 4. The van der Waals surface area contributed by atoms with Crippen LogP contribution in [-0.2, 0) is 0 Å². The summed E-state index contributed by atoms with van der Waals surface area (Å²) in [6.07, 6.45) is 0. The molecule has 1 heterocycles. The van der Waals surface area contributed by atoms with Crippen LogP contribution in [0.3, 0.4) is 0 Å². The third kappa shape index (κ3) is 4.07. The molecule has 0 radical (unpaired) electrons. The predicted molar refractivity (Wildman–Crippen MR) is 49.8 cm³/mol. The molecule has 3 N–H and O–H groups in total. The van der Waals surface area contributed by atoms with Crippen LogP contribution >= 0.6 is 11.6 Å². The number of aromatic nitrogens is 3. The van der Waals surface area contributed by atoms with Gasteiger partial charge in [0.2, 0.25) is 11.9 Å². The van der Waals surface area contributed by atoms with Crippen LogP contribution in [0.2, 0.25) is 0 Å². The van der Waals surface area contributed by atoms with Crippen LogP contribution in [0.15, 0.2) is 0 Å². The summed E-state index contributed by atoms with van der Waals surface area (Å²) in [6.45, 7) is 2.27. The monoisotopic (exact) mass is 239 g/mol. The summed E-state index contributed by atoms with van der Waals surface area (Å²) in [5.74, 6) is -0.196. The Bertz CT molecular complexity index is 345. The van der Waals surface area contributed by atoms with Crippen LogP contribution in [0.1, 0.15) is 6.92 Å². The van der Waals surface area contributed by atoms with Gasteiger partial charge < -0.3 is 15.8 Å². The van der Waals surface area contributed by atoms with Crippen molar-refractivity contribution in [2.75, 3.05) is 17.6 Å². The highest BCUT2D eigenvalue weighted by Crippen LogP contribution is 2.22. The molecule has 0 fully saturated rings. The Balaban J connectivity index is 2.88. The lowest BCUT2D eigenvalue weighted by atomic mass is 10.7. The maximum absolute atomic E-state index is 12.2. The van der Waals surface area contributed by atoms with Crippen molar-refractivity contribution in [3.63, 3.8) is 0 Å². The second-order valence-electron chi connectivity index (χ2n) is 2.38. The number of anilines is 2. The van der Waals surface area contributed by atoms with E-state index in [4.69, 9.17) is 5.73 Å². The number of nitrogens with two attached hydrogens (primary N) is 1. The van der Waals surface area contributed by atoms with E-state index >= 15 is 0 Å². The first-order chi connectivity index (χ1) is 6.90. The number of halogens is 3. The fourth-order valence-corrected chi connectivity index (χ4v) is 0.827. The van der Waals surface area contributed by atoms with Gasteiger partial charge in [-0.1, -0.05) is 0 Å². The van der Waals surface area contributed by atoms with E-state index < -0.39 is 11.6 Å². The molecule has 0 aliphatic carbocycles. The van der Waals surface area contributed by atoms with Gasteiger partial charge in [0, 0.05) is 18.1 Å². The first-order valence-corrected chi connectivity index (χ1v) is 4.29. The molecule has 0 aliphatic heterocycles. The smallest absolute Gasteiger partial charge is 0.385 e. The van der Waals surface area contributed by atoms with E-state index in [1.54, 1.807) is 6.92 Å². The lowest BCUT2D eigenvalue weighted by molar-refractivity contribution is -0.102. The van der Waals surface area contributed by atoms with Gasteiger partial charge in [0.25, 0.3) is 0 Å². The molecule has 0 aromatic carbocycles. The van der Waals surface area contributed by atoms with Gasteiger partial charge in [-0.05, 0) is 6.92 Å². The van der Waals surface area contributed by atoms with Gasteiger partial charge in [-0.3, -0.25) is 0 Å². The molecule has 6 nitrogen and oxygen atoms in total. The molecule has 0 saturated carbocycles. The van der Waals surface area contributed by atoms with Crippen molar-refractivity contribution in [2.24, 2.45) is 0 Å². The summed E-state index contributed by atoms with van der Waals surface area (Å²) in [5, 5.41) is 2.66. The molecule has 15 heavy (non-hydrogen) atoms. The minimum Gasteiger partial charge on any atom is -0.385 e. The van der Waals surface area contributed by atoms with Crippen molar-refractivity contribution < 1.29 is 13.5 Å². The zero-order chi connectivity index (χ0) is 11.5. The van der Waals surface area contributed by atoms with E-state index in [0.717, 1.165) is 0 Å². The number of hydrogen-bond acceptors (Lipinski definition) is 6. The topological polar surface area (TPSA) is 86.0 Å². The second-order valence-corrected chi connectivity index (χ2v) is 2.82. The van der Waals surface area contributed by atoms with Gasteiger partial charge in [-0.15, -0.1) is 8.78 Å². The number of nitrogens with zero attached hydrogens (tertiary/aromatic N) is 3. The molecule has 1 rings (SSSR count). The molecule has 0 bridgehead atoms. The largest absolute Gasteiger partial charge is 0.489 e. The fraction of sp³-hybridized carbons (Fsp3) is 0.500. The van der Waals surface area contributed by atoms with Crippen molar-refractivity contribution in [3.8, 4) is 6.01 Å². The number of nitrogen functional groups attached to an aromatic ring is 1. The Morgan fingerprint density at radius 2 is 2.13 bits per heavy atom. The molecular formula is C6H8ClF2N5O. The molecule has 0 unspecified atom stereocenters. The molecule has 0 saturated heterocycles. The zero-order valence-electron chi connectivity index (χ0n) is 7.67. The molecular weight excluding hydrogens is 232 g/mol. The van der Waals surface area contributed by atoms with Crippen molar-refractivity contribution in [3.05, 3.63) is 0 Å². The van der Waals surface area contributed by atoms with Crippen molar-refractivity contribution in [1.82, 2.24) is 15.0 Å². The van der Waals surface area contributed by atoms with E-state index in [1.165, 1.54) is 0 Å². The SMILES string of the molecule is CCNc1nc(N)nc(OC(F)(F)Cl)n1. The molecule has 9 heteroatoms. The van der Waals surface area contributed by atoms with Gasteiger partial charge in [0.05, 0.1) is 0 Å². The highest BCUT2D eigenvalue weighted by molar-refractivity contribution is 6.20. The maximum atomic E-state index is 12.2. The molecule has 1 aromatic rings. The first-order valence-electron chi connectivity index (χ1n) is 3.92. The Kier molecular flexibility index (Phi) is 3.40. The van der Waals surface area contributed by atoms with Gasteiger partial charge in [-0.2, -0.15) is 15.0 Å². The molecule has 1 aromatic heterocycles. The third-order valence-electron chi connectivity index (χ3n) is 1.17. The number of nitrogens with one attached hydrogen (secondary N) is 1. The quantitative estimate of drug-likeness (QED) is 0.764. The summed E-state index contributed by atoms with van der Waals surface area (Å²) < 4.78 is 28.4. The number of ether oxygens (including phenoxy) is 1. The standard InChI is InChI=1S/C6H8ClF2N5O/c1-2-11-4-12-3(10)13-5(14-4)15-6(7,8)9/h2H2,1H3,(H3,10,11,12,13,14). The van der Waals surface area contributed by atoms with Crippen LogP contribution in [0.5, 0.6) is 6.01 Å². The highest BCUT2D eigenvalue weighted by Gasteiger charge is 2.29. The summed E-state index contributed by atoms with van der Waals surface area (Å²) in [7, 11) is 0. The lowest BCUT2D eigenvalue weighted by Gasteiger charge is -2.09. The van der Waals surface area contributed by atoms with E-state index in [-0.39, 0.29) is 11.9 Å². The Hall–Kier alpha value is -1.44. The highest BCUT2D eigenvalue weighted by atomic mass is 35.5. The number of hydrogen-bond donors (Lipinski definition) is 2. The van der Waals surface area contributed by atoms with Crippen LogP contribution < -0.4 is 15.8 Å². The second kappa shape index (κ2) is 4.39. The Morgan fingerprint density at radius 1 is 1.47 bits per heavy atom. The minimum absolute atomic E-state index is 0.0425. The molecule has 84 valence electrons. The normalized spacial score (nSPS) is 11.2. The van der Waals surface area contributed by atoms with Crippen molar-refractivity contribution in [2.45, 2.75) is 12.5 Å². The van der Waals surface area contributed by atoms with Crippen molar-refractivity contribution in [1.29, 1.82) is 0 Å². The van der Waals surface area contributed by atoms with E-state index in [2.05, 4.69) is 36.6 Å². The van der Waals surface area contributed by atoms with E-state index in [0.29, 0.717) is 6.54 Å². The van der Waals surface area contributed by atoms with Gasteiger partial charge in [-0.25, -0.2) is 0 Å². The van der Waals surface area contributed by atoms with Gasteiger partial charge >= 0.3 is 11.6 Å². The zero-order valence-corrected chi connectivity index (χ0v) is 8.42. The first kappa shape index (κ1) is 11.6. The van der Waals surface area contributed by atoms with Crippen molar-refractivity contribution >= 4 is 23.5 Å². The third-order valence-corrected chi connectivity index (χ3v) is 1.25. The van der Waals surface area contributed by atoms with E-state index in [1.807, 2.05) is 0 Å². The van der Waals surface area contributed by atoms with Crippen LogP contribution in [-0.4, -0.2) is 27.1 Å². The maximum Gasteiger partial charge on any atom is 0.489 e. The van der Waals surface area contributed by atoms with Gasteiger partial charge in [0.1, 0.15) is 0 Å². The fourth-order valence-electron chi connectivity index (χ4n) is 0.758. The Morgan fingerprint density at radius 3 is 2.67 bits per heavy atom. The molecule has 0 atom stereocenters. The average molecular weight is 240 g/mol. The molecule has 0 spiro atoms. The average Bonchev–Trinajstić information content (AvgIpc) is 1.99. The summed E-state index contributed by atoms with van der Waals surface area (Å²) >= 11 is 4.53. The van der Waals surface area contributed by atoms with Crippen LogP contribution in [0.4, 0.5) is 20.7 Å². The molecule has 0 aliphatic rings. The number of alkyl halides is 3. The minimum atomic E-state index is -3.88. The van der Waals surface area contributed by atoms with E-state index in [9.17, 15) is 8.78 Å². The summed E-state index contributed by atoms with van der Waals surface area (Å²) in [4.78, 5) is 10.5. The van der Waals surface area contributed by atoms with Crippen LogP contribution in [0, 0.1) is 0 Å². The van der Waals surface area contributed by atoms with Gasteiger partial charge in [0.15, 0.2) is 0 Å².